The molecule has 0 unspecified atom stereocenters. The maximum Gasteiger partial charge on any atom is 0.354 e. The first-order valence-electron chi connectivity index (χ1n) is 11.2. The molecule has 2 amide bonds. The number of hydrogen-bond donors (Lipinski definition) is 2. The van der Waals surface area contributed by atoms with E-state index in [-0.39, 0.29) is 16.4 Å². The second-order valence-electron chi connectivity index (χ2n) is 7.93. The van der Waals surface area contributed by atoms with E-state index in [9.17, 15) is 19.2 Å². The van der Waals surface area contributed by atoms with Gasteiger partial charge in [0.05, 0.1) is 19.6 Å². The van der Waals surface area contributed by atoms with Gasteiger partial charge in [-0.1, -0.05) is 0 Å². The van der Waals surface area contributed by atoms with Crippen LogP contribution in [0.2, 0.25) is 0 Å². The first kappa shape index (κ1) is 25.3. The van der Waals surface area contributed by atoms with Gasteiger partial charge >= 0.3 is 11.9 Å². The third-order valence-corrected chi connectivity index (χ3v) is 7.63. The van der Waals surface area contributed by atoms with Crippen LogP contribution in [0, 0.1) is 0 Å². The first-order valence-corrected chi connectivity index (χ1v) is 12.7. The van der Waals surface area contributed by atoms with E-state index < -0.39 is 34.3 Å². The molecule has 0 aromatic heterocycles. The Bertz CT molecular complexity index is 1150. The van der Waals surface area contributed by atoms with Gasteiger partial charge in [-0.25, -0.2) is 14.6 Å². The number of likely N-dealkylation sites (tertiary alicyclic amines) is 1. The third kappa shape index (κ3) is 5.52. The molecule has 1 aromatic carbocycles. The molecule has 1 fully saturated rings. The van der Waals surface area contributed by atoms with Gasteiger partial charge in [-0.15, -0.1) is 0 Å². The van der Waals surface area contributed by atoms with Crippen LogP contribution in [0.4, 0.5) is 0 Å². The third-order valence-electron chi connectivity index (χ3n) is 5.54. The van der Waals surface area contributed by atoms with Crippen LogP contribution in [0.1, 0.15) is 23.2 Å². The zero-order valence-corrected chi connectivity index (χ0v) is 20.6. The zero-order valence-electron chi connectivity index (χ0n) is 19.8. The van der Waals surface area contributed by atoms with Gasteiger partial charge < -0.3 is 28.1 Å². The standard InChI is InChI=1S/C23H26N4O8S/c1-32-17-6-5-15(13-18(17)33-2)21(30)26-23-25-16(22(31)24-9-12-27-10-3-4-11-27)14-36(23)34-19(28)7-8-20(29)35-36/h5-8,13-14H,3-4,9-12H2,1-2H3,(H,24,31)(H,25,26,30). The van der Waals surface area contributed by atoms with Crippen LogP contribution in [0.3, 0.4) is 0 Å². The lowest BCUT2D eigenvalue weighted by atomic mass is 10.2. The summed E-state index contributed by atoms with van der Waals surface area (Å²) in [7, 11) is -0.448. The molecule has 1 spiro atoms. The van der Waals surface area contributed by atoms with Crippen LogP contribution >= 0.6 is 10.6 Å². The highest BCUT2D eigenvalue weighted by Gasteiger charge is 2.41. The van der Waals surface area contributed by atoms with E-state index in [0.717, 1.165) is 38.1 Å². The molecule has 0 bridgehead atoms. The molecule has 0 radical (unpaired) electrons. The highest BCUT2D eigenvalue weighted by Crippen LogP contribution is 2.58. The quantitative estimate of drug-likeness (QED) is 0.543. The molecular formula is C23H26N4O8S. The van der Waals surface area contributed by atoms with Crippen molar-refractivity contribution in [3.63, 3.8) is 0 Å². The van der Waals surface area contributed by atoms with Crippen molar-refractivity contribution in [1.29, 1.82) is 0 Å². The fraction of sp³-hybridized carbons (Fsp3) is 0.348. The summed E-state index contributed by atoms with van der Waals surface area (Å²) in [6, 6.07) is 4.47. The minimum absolute atomic E-state index is 0.142. The van der Waals surface area contributed by atoms with E-state index in [2.05, 4.69) is 20.5 Å². The van der Waals surface area contributed by atoms with Gasteiger partial charge in [0.1, 0.15) is 5.70 Å². The largest absolute Gasteiger partial charge is 0.493 e. The van der Waals surface area contributed by atoms with Crippen LogP contribution in [-0.2, 0) is 22.7 Å². The Morgan fingerprint density at radius 2 is 1.69 bits per heavy atom. The fourth-order valence-electron chi connectivity index (χ4n) is 3.76. The van der Waals surface area contributed by atoms with Gasteiger partial charge in [0, 0.05) is 30.8 Å². The number of hydrogen-bond acceptors (Lipinski definition) is 10. The van der Waals surface area contributed by atoms with Gasteiger partial charge in [0.2, 0.25) is 5.17 Å². The summed E-state index contributed by atoms with van der Waals surface area (Å²) in [6.07, 6.45) is 4.06. The lowest BCUT2D eigenvalue weighted by Crippen LogP contribution is -2.35. The Hall–Kier alpha value is -3.84. The van der Waals surface area contributed by atoms with Crippen molar-refractivity contribution in [3.8, 4) is 11.5 Å². The Morgan fingerprint density at radius 1 is 1.03 bits per heavy atom. The van der Waals surface area contributed by atoms with E-state index in [1.54, 1.807) is 6.07 Å². The highest BCUT2D eigenvalue weighted by atomic mass is 32.3. The van der Waals surface area contributed by atoms with Gasteiger partial charge in [-0.05, 0) is 54.7 Å². The summed E-state index contributed by atoms with van der Waals surface area (Å²) >= 11 is 0. The number of nitrogens with zero attached hydrogens (tertiary/aromatic N) is 2. The van der Waals surface area contributed by atoms with Crippen molar-refractivity contribution in [2.45, 2.75) is 12.8 Å². The average Bonchev–Trinajstić information content (AvgIpc) is 3.47. The van der Waals surface area contributed by atoms with E-state index >= 15 is 0 Å². The number of ether oxygens (including phenoxy) is 2. The number of rotatable bonds is 7. The van der Waals surface area contributed by atoms with Gasteiger partial charge in [-0.3, -0.25) is 14.9 Å². The molecule has 0 aliphatic carbocycles. The number of methoxy groups -OCH3 is 2. The number of aliphatic imine (C=N–C) groups is 1. The Labute approximate surface area is 209 Å². The summed E-state index contributed by atoms with van der Waals surface area (Å²) < 4.78 is 21.2. The molecule has 3 aliphatic heterocycles. The predicted octanol–water partition coefficient (Wildman–Crippen LogP) is 1.15. The predicted molar refractivity (Wildman–Crippen MR) is 130 cm³/mol. The summed E-state index contributed by atoms with van der Waals surface area (Å²) in [5.74, 6) is -2.24. The molecule has 3 heterocycles. The van der Waals surface area contributed by atoms with Crippen LogP contribution < -0.4 is 20.1 Å². The molecule has 1 saturated heterocycles. The minimum atomic E-state index is -3.34. The maximum absolute atomic E-state index is 13.0. The number of amidine groups is 1. The molecular weight excluding hydrogens is 492 g/mol. The number of carbonyl (C=O) groups excluding carboxylic acids is 4. The molecule has 0 atom stereocenters. The minimum Gasteiger partial charge on any atom is -0.493 e. The van der Waals surface area contributed by atoms with E-state index in [0.29, 0.717) is 24.6 Å². The number of carbonyl (C=O) groups is 4. The van der Waals surface area contributed by atoms with Crippen molar-refractivity contribution in [2.75, 3.05) is 40.4 Å². The first-order chi connectivity index (χ1) is 17.3. The molecule has 1 aromatic rings. The zero-order chi connectivity index (χ0) is 25.7. The number of benzene rings is 1. The smallest absolute Gasteiger partial charge is 0.354 e. The van der Waals surface area contributed by atoms with Crippen LogP contribution in [0.25, 0.3) is 0 Å². The molecule has 2 N–H and O–H groups in total. The summed E-state index contributed by atoms with van der Waals surface area (Å²) in [6.45, 7) is 3.02. The molecule has 36 heavy (non-hydrogen) atoms. The van der Waals surface area contributed by atoms with E-state index in [1.807, 2.05) is 0 Å². The van der Waals surface area contributed by atoms with E-state index in [4.69, 9.17) is 17.8 Å². The topological polar surface area (TPSA) is 145 Å². The summed E-state index contributed by atoms with van der Waals surface area (Å²) in [5.41, 5.74) is 0.0225. The Kier molecular flexibility index (Phi) is 7.60. The van der Waals surface area contributed by atoms with Crippen LogP contribution in [0.15, 0.2) is 46.4 Å². The van der Waals surface area contributed by atoms with Crippen molar-refractivity contribution in [3.05, 3.63) is 47.0 Å². The maximum atomic E-state index is 13.0. The SMILES string of the molecule is COc1ccc(C(=O)NC2=NC(C(=O)NCCN3CCCC3)=CS23OC(=O)C=CC(=O)O3)cc1OC. The van der Waals surface area contributed by atoms with Crippen LogP contribution in [0.5, 0.6) is 11.5 Å². The van der Waals surface area contributed by atoms with Crippen molar-refractivity contribution in [1.82, 2.24) is 15.5 Å². The second kappa shape index (κ2) is 10.8. The molecule has 3 aliphatic rings. The average molecular weight is 519 g/mol. The monoisotopic (exact) mass is 518 g/mol. The summed E-state index contributed by atoms with van der Waals surface area (Å²) in [4.78, 5) is 56.6. The number of amides is 2. The van der Waals surface area contributed by atoms with Crippen molar-refractivity contribution in [2.24, 2.45) is 4.99 Å². The number of nitrogens with one attached hydrogen (secondary N) is 2. The molecule has 12 nitrogen and oxygen atoms in total. The Morgan fingerprint density at radius 3 is 2.33 bits per heavy atom. The highest BCUT2D eigenvalue weighted by molar-refractivity contribution is 8.41. The molecule has 4 rings (SSSR count). The van der Waals surface area contributed by atoms with Crippen molar-refractivity contribution >= 4 is 39.5 Å². The molecule has 13 heteroatoms. The lowest BCUT2D eigenvalue weighted by molar-refractivity contribution is -0.129. The van der Waals surface area contributed by atoms with E-state index in [1.165, 1.54) is 31.8 Å². The van der Waals surface area contributed by atoms with Gasteiger partial charge in [0.15, 0.2) is 11.5 Å². The fourth-order valence-corrected chi connectivity index (χ4v) is 5.67. The second-order valence-corrected chi connectivity index (χ2v) is 9.98. The lowest BCUT2D eigenvalue weighted by Gasteiger charge is -2.34. The van der Waals surface area contributed by atoms with Crippen LogP contribution in [-0.4, -0.2) is 74.2 Å². The van der Waals surface area contributed by atoms with Crippen molar-refractivity contribution < 1.29 is 37.0 Å². The normalized spacial score (nSPS) is 19.5. The van der Waals surface area contributed by atoms with Gasteiger partial charge in [0.25, 0.3) is 11.8 Å². The summed E-state index contributed by atoms with van der Waals surface area (Å²) in [5, 5.41) is 6.20. The molecule has 192 valence electrons. The molecule has 0 saturated carbocycles. The Balaban J connectivity index is 1.56. The van der Waals surface area contributed by atoms with Gasteiger partial charge in [-0.2, -0.15) is 0 Å².